The molecular formula is C23H22Cl2N6O3S. The summed E-state index contributed by atoms with van der Waals surface area (Å²) in [7, 11) is 0. The van der Waals surface area contributed by atoms with E-state index in [0.29, 0.717) is 15.7 Å². The molecule has 182 valence electrons. The molecule has 0 saturated heterocycles. The Morgan fingerprint density at radius 3 is 2.63 bits per heavy atom. The van der Waals surface area contributed by atoms with Crippen molar-refractivity contribution in [2.24, 2.45) is 5.10 Å². The predicted octanol–water partition coefficient (Wildman–Crippen LogP) is 5.91. The lowest BCUT2D eigenvalue weighted by molar-refractivity contribution is -0.384. The van der Waals surface area contributed by atoms with Gasteiger partial charge in [-0.1, -0.05) is 60.3 Å². The molecule has 0 radical (unpaired) electrons. The molecule has 1 amide bonds. The van der Waals surface area contributed by atoms with Gasteiger partial charge in [0.2, 0.25) is 0 Å². The first-order chi connectivity index (χ1) is 16.9. The fourth-order valence-electron chi connectivity index (χ4n) is 3.93. The molecule has 1 N–H and O–H groups in total. The zero-order valence-electron chi connectivity index (χ0n) is 18.6. The number of carbonyl (C=O) groups excluding carboxylic acids is 1. The van der Waals surface area contributed by atoms with Gasteiger partial charge in [0.1, 0.15) is 5.02 Å². The van der Waals surface area contributed by atoms with Crippen LogP contribution >= 0.6 is 35.0 Å². The van der Waals surface area contributed by atoms with E-state index in [9.17, 15) is 14.9 Å². The van der Waals surface area contributed by atoms with Crippen molar-refractivity contribution in [2.45, 2.75) is 43.3 Å². The molecule has 0 spiro atoms. The minimum atomic E-state index is -0.574. The fraction of sp³-hybridized carbons (Fsp3) is 0.304. The number of hydrazone groups is 1. The first-order valence-electron chi connectivity index (χ1n) is 11.0. The molecule has 35 heavy (non-hydrogen) atoms. The molecule has 1 aliphatic rings. The van der Waals surface area contributed by atoms with Crippen molar-refractivity contribution in [1.29, 1.82) is 0 Å². The van der Waals surface area contributed by atoms with Crippen LogP contribution in [0.5, 0.6) is 0 Å². The van der Waals surface area contributed by atoms with E-state index in [-0.39, 0.29) is 28.4 Å². The second-order valence-corrected chi connectivity index (χ2v) is 9.81. The van der Waals surface area contributed by atoms with Crippen molar-refractivity contribution < 1.29 is 9.72 Å². The zero-order valence-corrected chi connectivity index (χ0v) is 20.9. The van der Waals surface area contributed by atoms with Gasteiger partial charge in [-0.25, -0.2) is 5.43 Å². The van der Waals surface area contributed by atoms with E-state index in [4.69, 9.17) is 23.2 Å². The van der Waals surface area contributed by atoms with Gasteiger partial charge in [0.15, 0.2) is 11.0 Å². The number of hydrogen-bond acceptors (Lipinski definition) is 7. The van der Waals surface area contributed by atoms with E-state index in [1.165, 1.54) is 36.5 Å². The molecule has 4 rings (SSSR count). The number of nitro groups is 1. The summed E-state index contributed by atoms with van der Waals surface area (Å²) in [5.41, 5.74) is 3.58. The summed E-state index contributed by atoms with van der Waals surface area (Å²) in [6, 6.07) is 12.0. The van der Waals surface area contributed by atoms with Crippen LogP contribution in [0.2, 0.25) is 10.0 Å². The average molecular weight is 533 g/mol. The van der Waals surface area contributed by atoms with Gasteiger partial charge in [0.05, 0.1) is 16.9 Å². The Kier molecular flexibility index (Phi) is 8.37. The first-order valence-corrected chi connectivity index (χ1v) is 12.8. The van der Waals surface area contributed by atoms with Crippen LogP contribution in [0.1, 0.15) is 43.7 Å². The smallest absolute Gasteiger partial charge is 0.288 e. The Labute approximate surface area is 216 Å². The van der Waals surface area contributed by atoms with E-state index >= 15 is 0 Å². The summed E-state index contributed by atoms with van der Waals surface area (Å²) in [6.07, 6.45) is 6.91. The van der Waals surface area contributed by atoms with Gasteiger partial charge in [-0.05, 0) is 43.2 Å². The van der Waals surface area contributed by atoms with Gasteiger partial charge < -0.3 is 0 Å². The van der Waals surface area contributed by atoms with Gasteiger partial charge in [-0.2, -0.15) is 5.10 Å². The predicted molar refractivity (Wildman–Crippen MR) is 137 cm³/mol. The van der Waals surface area contributed by atoms with Crippen molar-refractivity contribution in [3.05, 3.63) is 68.2 Å². The Hall–Kier alpha value is -2.95. The van der Waals surface area contributed by atoms with Crippen LogP contribution in [-0.4, -0.2) is 37.6 Å². The lowest BCUT2D eigenvalue weighted by atomic mass is 9.95. The van der Waals surface area contributed by atoms with Crippen molar-refractivity contribution in [3.63, 3.8) is 0 Å². The summed E-state index contributed by atoms with van der Waals surface area (Å²) in [5, 5.41) is 25.1. The van der Waals surface area contributed by atoms with Crippen LogP contribution in [0.4, 0.5) is 5.69 Å². The number of benzene rings is 2. The number of amides is 1. The quantitative estimate of drug-likeness (QED) is 0.167. The molecule has 0 bridgehead atoms. The number of nitrogens with one attached hydrogen (secondary N) is 1. The van der Waals surface area contributed by atoms with Crippen LogP contribution < -0.4 is 5.43 Å². The van der Waals surface area contributed by atoms with Crippen LogP contribution in [0.15, 0.2) is 52.7 Å². The van der Waals surface area contributed by atoms with E-state index in [1.54, 1.807) is 6.07 Å². The van der Waals surface area contributed by atoms with Gasteiger partial charge in [0.25, 0.3) is 11.6 Å². The maximum absolute atomic E-state index is 12.4. The fourth-order valence-corrected chi connectivity index (χ4v) is 5.04. The molecule has 1 aromatic heterocycles. The van der Waals surface area contributed by atoms with E-state index < -0.39 is 4.92 Å². The second-order valence-electron chi connectivity index (χ2n) is 8.02. The number of aromatic nitrogens is 3. The van der Waals surface area contributed by atoms with Gasteiger partial charge in [-0.3, -0.25) is 19.5 Å². The topological polar surface area (TPSA) is 115 Å². The Morgan fingerprint density at radius 2 is 1.91 bits per heavy atom. The standard InChI is InChI=1S/C23H22Cl2N6O3S/c24-17-9-7-16(8-10-17)22-28-29-23(30(22)18-4-2-1-3-5-18)35-14-21(32)27-26-13-15-6-11-19(25)20(12-15)31(33)34/h6-13,18H,1-5,14H2,(H,27,32)/b26-13+. The maximum atomic E-state index is 12.4. The normalized spacial score (nSPS) is 14.3. The van der Waals surface area contributed by atoms with Crippen molar-refractivity contribution >= 4 is 52.8 Å². The lowest BCUT2D eigenvalue weighted by Gasteiger charge is -2.25. The SMILES string of the molecule is O=C(CSc1nnc(-c2ccc(Cl)cc2)n1C1CCCCC1)N/N=C/c1ccc(Cl)c([N+](=O)[O-])c1. The molecular weight excluding hydrogens is 511 g/mol. The third-order valence-electron chi connectivity index (χ3n) is 5.61. The molecule has 2 aromatic carbocycles. The minimum Gasteiger partial charge on any atom is -0.299 e. The molecule has 0 unspecified atom stereocenters. The van der Waals surface area contributed by atoms with Crippen LogP contribution in [0.25, 0.3) is 11.4 Å². The van der Waals surface area contributed by atoms with Crippen LogP contribution in [0, 0.1) is 10.1 Å². The highest BCUT2D eigenvalue weighted by molar-refractivity contribution is 7.99. The lowest BCUT2D eigenvalue weighted by Crippen LogP contribution is -2.20. The van der Waals surface area contributed by atoms with Gasteiger partial charge in [-0.15, -0.1) is 10.2 Å². The van der Waals surface area contributed by atoms with Crippen molar-refractivity contribution in [1.82, 2.24) is 20.2 Å². The average Bonchev–Trinajstić information content (AvgIpc) is 3.28. The summed E-state index contributed by atoms with van der Waals surface area (Å²) in [4.78, 5) is 22.8. The molecule has 1 heterocycles. The Bertz CT molecular complexity index is 1240. The van der Waals surface area contributed by atoms with Gasteiger partial charge in [0, 0.05) is 28.3 Å². The zero-order chi connectivity index (χ0) is 24.8. The van der Waals surface area contributed by atoms with Crippen molar-refractivity contribution in [3.8, 4) is 11.4 Å². The van der Waals surface area contributed by atoms with E-state index in [1.807, 2.05) is 24.3 Å². The number of carbonyl (C=O) groups is 1. The first kappa shape index (κ1) is 25.2. The largest absolute Gasteiger partial charge is 0.299 e. The van der Waals surface area contributed by atoms with E-state index in [0.717, 1.165) is 37.1 Å². The van der Waals surface area contributed by atoms with Crippen molar-refractivity contribution in [2.75, 3.05) is 5.75 Å². The number of nitro benzene ring substituents is 1. The monoisotopic (exact) mass is 532 g/mol. The second kappa shape index (κ2) is 11.7. The summed E-state index contributed by atoms with van der Waals surface area (Å²) < 4.78 is 2.14. The molecule has 12 heteroatoms. The third kappa shape index (κ3) is 6.39. The molecule has 0 atom stereocenters. The third-order valence-corrected chi connectivity index (χ3v) is 7.12. The molecule has 9 nitrogen and oxygen atoms in total. The minimum absolute atomic E-state index is 0.0348. The number of hydrogen-bond donors (Lipinski definition) is 1. The van der Waals surface area contributed by atoms with Gasteiger partial charge >= 0.3 is 0 Å². The highest BCUT2D eigenvalue weighted by Gasteiger charge is 2.24. The number of thioether (sulfide) groups is 1. The maximum Gasteiger partial charge on any atom is 0.288 e. The van der Waals surface area contributed by atoms with Crippen LogP contribution in [-0.2, 0) is 4.79 Å². The Morgan fingerprint density at radius 1 is 1.17 bits per heavy atom. The summed E-state index contributed by atoms with van der Waals surface area (Å²) >= 11 is 13.2. The highest BCUT2D eigenvalue weighted by atomic mass is 35.5. The molecule has 3 aromatic rings. The molecule has 1 aliphatic carbocycles. The molecule has 1 fully saturated rings. The number of nitrogens with zero attached hydrogens (tertiary/aromatic N) is 5. The molecule has 1 saturated carbocycles. The summed E-state index contributed by atoms with van der Waals surface area (Å²) in [5.74, 6) is 0.517. The van der Waals surface area contributed by atoms with E-state index in [2.05, 4.69) is 25.3 Å². The summed E-state index contributed by atoms with van der Waals surface area (Å²) in [6.45, 7) is 0. The number of halogens is 2. The Balaban J connectivity index is 1.44. The number of rotatable bonds is 8. The highest BCUT2D eigenvalue weighted by Crippen LogP contribution is 2.35. The molecule has 0 aliphatic heterocycles. The van der Waals surface area contributed by atoms with Crippen LogP contribution in [0.3, 0.4) is 0 Å².